The number of hydrogen-bond acceptors (Lipinski definition) is 8. The number of aromatic nitrogens is 5. The third-order valence-electron chi connectivity index (χ3n) is 5.54. The van der Waals surface area contributed by atoms with Crippen molar-refractivity contribution in [1.29, 1.82) is 0 Å². The van der Waals surface area contributed by atoms with E-state index in [2.05, 4.69) is 25.5 Å². The Labute approximate surface area is 191 Å². The van der Waals surface area contributed by atoms with Crippen molar-refractivity contribution >= 4 is 38.4 Å². The molecule has 2 N–H and O–H groups in total. The summed E-state index contributed by atoms with van der Waals surface area (Å²) in [5.74, 6) is 1.49. The van der Waals surface area contributed by atoms with Gasteiger partial charge in [-0.25, -0.2) is 18.4 Å². The number of sulfonamides is 1. The molecule has 0 bridgehead atoms. The summed E-state index contributed by atoms with van der Waals surface area (Å²) in [5.41, 5.74) is 3.66. The van der Waals surface area contributed by atoms with Gasteiger partial charge in [0, 0.05) is 17.8 Å². The number of nitrogens with zero attached hydrogens (tertiary/aromatic N) is 6. The van der Waals surface area contributed by atoms with Gasteiger partial charge in [0.2, 0.25) is 10.0 Å². The van der Waals surface area contributed by atoms with Crippen molar-refractivity contribution < 1.29 is 13.5 Å². The normalized spacial score (nSPS) is 16.3. The fourth-order valence-corrected chi connectivity index (χ4v) is 5.40. The zero-order valence-electron chi connectivity index (χ0n) is 18.2. The van der Waals surface area contributed by atoms with Crippen LogP contribution >= 0.6 is 0 Å². The first kappa shape index (κ1) is 21.3. The summed E-state index contributed by atoms with van der Waals surface area (Å²) in [6.45, 7) is 3.82. The molecular weight excluding hydrogens is 442 g/mol. The highest BCUT2D eigenvalue weighted by atomic mass is 32.2. The number of rotatable bonds is 5. The molecule has 0 radical (unpaired) electrons. The zero-order valence-corrected chi connectivity index (χ0v) is 19.0. The first-order chi connectivity index (χ1) is 15.8. The van der Waals surface area contributed by atoms with E-state index in [1.165, 1.54) is 4.31 Å². The molecule has 0 spiro atoms. The highest BCUT2D eigenvalue weighted by molar-refractivity contribution is 7.93. The Morgan fingerprint density at radius 2 is 1.97 bits per heavy atom. The quantitative estimate of drug-likeness (QED) is 0.461. The van der Waals surface area contributed by atoms with Crippen LogP contribution in [0.25, 0.3) is 16.9 Å². The molecule has 1 unspecified atom stereocenters. The fraction of sp³-hybridized carbons (Fsp3) is 0.273. The number of aryl methyl sites for hydroxylation is 1. The van der Waals surface area contributed by atoms with E-state index in [9.17, 15) is 13.5 Å². The summed E-state index contributed by atoms with van der Waals surface area (Å²) in [4.78, 5) is 9.13. The van der Waals surface area contributed by atoms with Crippen molar-refractivity contribution in [2.24, 2.45) is 0 Å². The lowest BCUT2D eigenvalue weighted by Gasteiger charge is -2.21. The highest BCUT2D eigenvalue weighted by Gasteiger charge is 2.32. The predicted molar refractivity (Wildman–Crippen MR) is 125 cm³/mol. The number of aliphatic hydroxyl groups is 1. The topological polar surface area (TPSA) is 126 Å². The zero-order chi connectivity index (χ0) is 23.2. The third-order valence-corrected chi connectivity index (χ3v) is 7.37. The van der Waals surface area contributed by atoms with Gasteiger partial charge in [0.05, 0.1) is 28.6 Å². The van der Waals surface area contributed by atoms with Gasteiger partial charge < -0.3 is 10.4 Å². The first-order valence-corrected chi connectivity index (χ1v) is 12.2. The Balaban J connectivity index is 1.52. The lowest BCUT2D eigenvalue weighted by atomic mass is 10.1. The minimum Gasteiger partial charge on any atom is -0.389 e. The van der Waals surface area contributed by atoms with E-state index in [4.69, 9.17) is 0 Å². The average molecular weight is 466 g/mol. The number of benzene rings is 1. The third kappa shape index (κ3) is 4.00. The van der Waals surface area contributed by atoms with Crippen LogP contribution in [0.3, 0.4) is 0 Å². The van der Waals surface area contributed by atoms with E-state index in [0.717, 1.165) is 22.4 Å². The molecule has 170 valence electrons. The molecule has 3 aromatic heterocycles. The van der Waals surface area contributed by atoms with Crippen LogP contribution in [-0.4, -0.2) is 50.6 Å². The van der Waals surface area contributed by atoms with Crippen LogP contribution in [0, 0.1) is 6.92 Å². The molecule has 0 saturated carbocycles. The summed E-state index contributed by atoms with van der Waals surface area (Å²) in [5, 5.41) is 21.6. The Kier molecular flexibility index (Phi) is 5.22. The molecule has 1 atom stereocenters. The van der Waals surface area contributed by atoms with Gasteiger partial charge >= 0.3 is 0 Å². The minimum atomic E-state index is -3.45. The van der Waals surface area contributed by atoms with E-state index in [0.29, 0.717) is 30.2 Å². The number of aliphatic hydroxyl groups excluding tert-OH is 1. The molecule has 0 amide bonds. The molecule has 10 nitrogen and oxygen atoms in total. The van der Waals surface area contributed by atoms with Crippen LogP contribution in [0.1, 0.15) is 30.7 Å². The van der Waals surface area contributed by atoms with Crippen molar-refractivity contribution in [1.82, 2.24) is 24.7 Å². The van der Waals surface area contributed by atoms with Crippen LogP contribution in [0.4, 0.5) is 17.3 Å². The van der Waals surface area contributed by atoms with Gasteiger partial charge in [-0.1, -0.05) is 0 Å². The smallest absolute Gasteiger partial charge is 0.236 e. The maximum Gasteiger partial charge on any atom is 0.236 e. The lowest BCUT2D eigenvalue weighted by molar-refractivity contribution is 0.199. The fourth-order valence-electron chi connectivity index (χ4n) is 3.87. The summed E-state index contributed by atoms with van der Waals surface area (Å²) < 4.78 is 28.1. The highest BCUT2D eigenvalue weighted by Crippen LogP contribution is 2.31. The van der Waals surface area contributed by atoms with E-state index in [1.807, 2.05) is 37.3 Å². The minimum absolute atomic E-state index is 0.0767. The van der Waals surface area contributed by atoms with Crippen molar-refractivity contribution in [2.75, 3.05) is 21.9 Å². The number of anilines is 3. The van der Waals surface area contributed by atoms with Gasteiger partial charge in [-0.3, -0.25) is 8.87 Å². The summed E-state index contributed by atoms with van der Waals surface area (Å²) >= 11 is 0. The van der Waals surface area contributed by atoms with Gasteiger partial charge in [0.1, 0.15) is 18.0 Å². The molecule has 0 aliphatic carbocycles. The maximum absolute atomic E-state index is 12.5. The van der Waals surface area contributed by atoms with Crippen molar-refractivity contribution in [3.05, 3.63) is 60.0 Å². The molecule has 33 heavy (non-hydrogen) atoms. The summed E-state index contributed by atoms with van der Waals surface area (Å²) in [6.07, 6.45) is 1.32. The molecule has 5 rings (SSSR count). The van der Waals surface area contributed by atoms with Gasteiger partial charge in [-0.2, -0.15) is 5.10 Å². The van der Waals surface area contributed by atoms with Crippen LogP contribution in [-0.2, 0) is 10.0 Å². The first-order valence-electron chi connectivity index (χ1n) is 10.6. The number of hydrogen-bond donors (Lipinski definition) is 2. The molecule has 1 fully saturated rings. The molecule has 1 aliphatic rings. The molecule has 4 aromatic rings. The van der Waals surface area contributed by atoms with Crippen molar-refractivity contribution in [3.8, 4) is 5.82 Å². The monoisotopic (exact) mass is 465 g/mol. The summed E-state index contributed by atoms with van der Waals surface area (Å²) in [7, 11) is -3.45. The van der Waals surface area contributed by atoms with E-state index in [-0.39, 0.29) is 11.6 Å². The predicted octanol–water partition coefficient (Wildman–Crippen LogP) is 2.86. The number of nitrogens with one attached hydrogen (secondary N) is 1. The molecule has 4 heterocycles. The van der Waals surface area contributed by atoms with Crippen molar-refractivity contribution in [2.45, 2.75) is 26.4 Å². The molecular formula is C22H23N7O3S. The van der Waals surface area contributed by atoms with E-state index in [1.54, 1.807) is 30.0 Å². The second-order valence-electron chi connectivity index (χ2n) is 8.00. The number of pyridine rings is 1. The van der Waals surface area contributed by atoms with Crippen LogP contribution in [0.5, 0.6) is 0 Å². The Morgan fingerprint density at radius 1 is 1.12 bits per heavy atom. The Morgan fingerprint density at radius 3 is 2.67 bits per heavy atom. The largest absolute Gasteiger partial charge is 0.389 e. The van der Waals surface area contributed by atoms with Crippen molar-refractivity contribution in [3.63, 3.8) is 0 Å². The van der Waals surface area contributed by atoms with Gasteiger partial charge in [0.25, 0.3) is 0 Å². The number of fused-ring (bicyclic) bond motifs is 1. The molecule has 1 aromatic carbocycles. The van der Waals surface area contributed by atoms with Gasteiger partial charge in [-0.15, -0.1) is 5.10 Å². The summed E-state index contributed by atoms with van der Waals surface area (Å²) in [6, 6.07) is 12.9. The van der Waals surface area contributed by atoms with Crippen LogP contribution in [0.15, 0.2) is 48.8 Å². The van der Waals surface area contributed by atoms with E-state index >= 15 is 0 Å². The standard InChI is InChI=1S/C22H23N7O3S/c1-14-4-8-20(27-26-14)24-16-5-7-19-18(12-16)23-13-28(19)21-9-6-17(15(2)30)22(25-21)29-10-3-11-33(29,31)32/h4-9,12-13,15,30H,3,10-11H2,1-2H3,(H,24,27). The lowest BCUT2D eigenvalue weighted by Crippen LogP contribution is -2.28. The SMILES string of the molecule is Cc1ccc(Nc2ccc3c(c2)ncn3-c2ccc(C(C)O)c(N3CCCS3(=O)=O)n2)nn1. The van der Waals surface area contributed by atoms with Crippen LogP contribution < -0.4 is 9.62 Å². The van der Waals surface area contributed by atoms with Crippen LogP contribution in [0.2, 0.25) is 0 Å². The van der Waals surface area contributed by atoms with Gasteiger partial charge in [0.15, 0.2) is 5.82 Å². The second kappa shape index (κ2) is 8.09. The Bertz CT molecular complexity index is 1430. The molecule has 11 heteroatoms. The van der Waals surface area contributed by atoms with E-state index < -0.39 is 16.1 Å². The number of imidazole rings is 1. The molecule has 1 aliphatic heterocycles. The second-order valence-corrected chi connectivity index (χ2v) is 10.0. The average Bonchev–Trinajstić information content (AvgIpc) is 3.37. The molecule has 1 saturated heterocycles. The maximum atomic E-state index is 12.5. The Hall–Kier alpha value is -3.57. The van der Waals surface area contributed by atoms with Gasteiger partial charge in [-0.05, 0) is 62.7 Å².